The maximum absolute atomic E-state index is 9.71. The molecule has 9 heteroatoms. The van der Waals surface area contributed by atoms with Gasteiger partial charge in [-0.3, -0.25) is 5.43 Å². The van der Waals surface area contributed by atoms with Crippen LogP contribution in [0.1, 0.15) is 0 Å². The zero-order valence-corrected chi connectivity index (χ0v) is 12.9. The van der Waals surface area contributed by atoms with Crippen LogP contribution >= 0.6 is 23.2 Å². The summed E-state index contributed by atoms with van der Waals surface area (Å²) in [5.74, 6) is -0.793. The molecule has 0 atom stereocenters. The van der Waals surface area contributed by atoms with Gasteiger partial charge in [0.25, 0.3) is 5.84 Å². The Kier molecular flexibility index (Phi) is 5.36. The van der Waals surface area contributed by atoms with Gasteiger partial charge in [-0.15, -0.1) is 15.3 Å². The fourth-order valence-electron chi connectivity index (χ4n) is 1.47. The molecule has 0 aliphatic heterocycles. The lowest BCUT2D eigenvalue weighted by molar-refractivity contribution is 0.476. The molecule has 0 aromatic heterocycles. The minimum absolute atomic E-state index is 0.0889. The largest absolute Gasteiger partial charge is 0.504 e. The van der Waals surface area contributed by atoms with E-state index in [1.807, 2.05) is 0 Å². The molecule has 0 aliphatic carbocycles. The Bertz CT molecular complexity index is 830. The highest BCUT2D eigenvalue weighted by Gasteiger charge is 2.06. The quantitative estimate of drug-likeness (QED) is 0.250. The van der Waals surface area contributed by atoms with Crippen molar-refractivity contribution in [3.8, 4) is 17.6 Å². The van der Waals surface area contributed by atoms with Crippen molar-refractivity contribution in [1.29, 1.82) is 5.26 Å². The molecular weight excluding hydrogens is 341 g/mol. The summed E-state index contributed by atoms with van der Waals surface area (Å²) in [5.41, 5.74) is 2.74. The van der Waals surface area contributed by atoms with Crippen LogP contribution < -0.4 is 5.43 Å². The van der Waals surface area contributed by atoms with Crippen molar-refractivity contribution in [3.63, 3.8) is 0 Å². The number of rotatable bonds is 3. The molecule has 0 amide bonds. The van der Waals surface area contributed by atoms with E-state index in [2.05, 4.69) is 20.8 Å². The normalized spacial score (nSPS) is 11.4. The lowest BCUT2D eigenvalue weighted by atomic mass is 10.3. The number of benzene rings is 2. The van der Waals surface area contributed by atoms with E-state index in [-0.39, 0.29) is 38.8 Å². The number of amidine groups is 1. The zero-order chi connectivity index (χ0) is 16.8. The first-order valence-electron chi connectivity index (χ1n) is 6.13. The van der Waals surface area contributed by atoms with E-state index >= 15 is 0 Å². The van der Waals surface area contributed by atoms with Crippen molar-refractivity contribution >= 4 is 40.4 Å². The molecule has 0 saturated heterocycles. The first kappa shape index (κ1) is 16.5. The number of azo groups is 1. The molecule has 0 bridgehead atoms. The summed E-state index contributed by atoms with van der Waals surface area (Å²) >= 11 is 11.5. The van der Waals surface area contributed by atoms with Crippen LogP contribution in [0.3, 0.4) is 0 Å². The van der Waals surface area contributed by atoms with Gasteiger partial charge >= 0.3 is 0 Å². The topological polar surface area (TPSA) is 113 Å². The van der Waals surface area contributed by atoms with Gasteiger partial charge in [-0.1, -0.05) is 35.3 Å². The highest BCUT2D eigenvalue weighted by atomic mass is 35.5. The zero-order valence-electron chi connectivity index (χ0n) is 11.4. The summed E-state index contributed by atoms with van der Waals surface area (Å²) in [6, 6.07) is 10.8. The van der Waals surface area contributed by atoms with Gasteiger partial charge in [0.15, 0.2) is 11.5 Å². The Morgan fingerprint density at radius 1 is 1.04 bits per heavy atom. The molecule has 0 spiro atoms. The van der Waals surface area contributed by atoms with Gasteiger partial charge in [0.1, 0.15) is 11.8 Å². The summed E-state index contributed by atoms with van der Waals surface area (Å²) in [6.45, 7) is 0. The third-order valence-corrected chi connectivity index (χ3v) is 3.20. The summed E-state index contributed by atoms with van der Waals surface area (Å²) in [5, 5.41) is 39.6. The Hall–Kier alpha value is -2.82. The summed E-state index contributed by atoms with van der Waals surface area (Å²) in [7, 11) is 0. The highest BCUT2D eigenvalue weighted by Crippen LogP contribution is 2.33. The Balaban J connectivity index is 2.20. The van der Waals surface area contributed by atoms with E-state index in [0.717, 1.165) is 0 Å². The van der Waals surface area contributed by atoms with Crippen LogP contribution in [0.5, 0.6) is 11.5 Å². The summed E-state index contributed by atoms with van der Waals surface area (Å²) in [4.78, 5) is 0. The van der Waals surface area contributed by atoms with Gasteiger partial charge in [-0.25, -0.2) is 0 Å². The number of hydrogen-bond acceptors (Lipinski definition) is 6. The lowest BCUT2D eigenvalue weighted by Gasteiger charge is -2.04. The van der Waals surface area contributed by atoms with Gasteiger partial charge in [0, 0.05) is 0 Å². The van der Waals surface area contributed by atoms with E-state index < -0.39 is 0 Å². The molecule has 0 radical (unpaired) electrons. The van der Waals surface area contributed by atoms with Crippen molar-refractivity contribution in [2.75, 3.05) is 5.43 Å². The second-order valence-electron chi connectivity index (χ2n) is 4.10. The molecule has 2 rings (SSSR count). The van der Waals surface area contributed by atoms with Gasteiger partial charge in [0.2, 0.25) is 0 Å². The SMILES string of the molecule is N#CC(N=Nc1cccc(Cl)c1O)=NNc1cccc(Cl)c1O. The second-order valence-corrected chi connectivity index (χ2v) is 4.92. The third-order valence-electron chi connectivity index (χ3n) is 2.59. The number of phenols is 2. The molecule has 2 aromatic rings. The van der Waals surface area contributed by atoms with E-state index in [9.17, 15) is 10.2 Å². The Morgan fingerprint density at radius 2 is 1.70 bits per heavy atom. The fourth-order valence-corrected chi connectivity index (χ4v) is 1.82. The standard InChI is InChI=1S/C14H9Cl2N5O2/c15-8-3-1-5-10(13(8)22)18-20-12(7-17)21-19-11-6-2-4-9(16)14(11)23/h1-6,18,22-23H. The molecule has 116 valence electrons. The van der Waals surface area contributed by atoms with Gasteiger partial charge in [-0.05, 0) is 24.3 Å². The maximum atomic E-state index is 9.71. The molecule has 2 aromatic carbocycles. The number of halogens is 2. The number of anilines is 1. The van der Waals surface area contributed by atoms with Gasteiger partial charge in [-0.2, -0.15) is 5.26 Å². The number of phenolic OH excluding ortho intramolecular Hbond substituents is 2. The molecule has 7 nitrogen and oxygen atoms in total. The van der Waals surface area contributed by atoms with Crippen LogP contribution in [0.2, 0.25) is 10.0 Å². The van der Waals surface area contributed by atoms with Crippen molar-refractivity contribution < 1.29 is 10.2 Å². The Labute approximate surface area is 141 Å². The molecule has 0 unspecified atom stereocenters. The van der Waals surface area contributed by atoms with Crippen LogP contribution in [0.25, 0.3) is 0 Å². The number of nitrogens with zero attached hydrogens (tertiary/aromatic N) is 4. The Morgan fingerprint density at radius 3 is 2.39 bits per heavy atom. The van der Waals surface area contributed by atoms with E-state index in [1.165, 1.54) is 24.3 Å². The summed E-state index contributed by atoms with van der Waals surface area (Å²) in [6.07, 6.45) is 0. The average Bonchev–Trinajstić information content (AvgIpc) is 2.55. The second kappa shape index (κ2) is 7.45. The van der Waals surface area contributed by atoms with Crippen molar-refractivity contribution in [2.24, 2.45) is 15.3 Å². The predicted octanol–water partition coefficient (Wildman–Crippen LogP) is 4.44. The number of para-hydroxylation sites is 2. The molecule has 23 heavy (non-hydrogen) atoms. The minimum atomic E-state index is -0.330. The van der Waals surface area contributed by atoms with Crippen molar-refractivity contribution in [1.82, 2.24) is 0 Å². The number of nitrogens with one attached hydrogen (secondary N) is 1. The van der Waals surface area contributed by atoms with Gasteiger partial charge in [0.05, 0.1) is 15.7 Å². The number of hydrogen-bond donors (Lipinski definition) is 3. The molecule has 0 saturated carbocycles. The molecule has 3 N–H and O–H groups in total. The van der Waals surface area contributed by atoms with Crippen LogP contribution in [0.15, 0.2) is 51.7 Å². The van der Waals surface area contributed by atoms with Crippen LogP contribution in [0.4, 0.5) is 11.4 Å². The lowest BCUT2D eigenvalue weighted by Crippen LogP contribution is -1.96. The smallest absolute Gasteiger partial charge is 0.270 e. The molecule has 0 fully saturated rings. The first-order valence-corrected chi connectivity index (χ1v) is 6.89. The predicted molar refractivity (Wildman–Crippen MR) is 87.4 cm³/mol. The van der Waals surface area contributed by atoms with Crippen LogP contribution in [0, 0.1) is 11.3 Å². The van der Waals surface area contributed by atoms with Gasteiger partial charge < -0.3 is 10.2 Å². The number of aromatic hydroxyl groups is 2. The van der Waals surface area contributed by atoms with Crippen LogP contribution in [-0.4, -0.2) is 16.0 Å². The number of nitriles is 1. The van der Waals surface area contributed by atoms with Crippen molar-refractivity contribution in [2.45, 2.75) is 0 Å². The van der Waals surface area contributed by atoms with E-state index in [0.29, 0.717) is 0 Å². The van der Waals surface area contributed by atoms with Crippen molar-refractivity contribution in [3.05, 3.63) is 46.4 Å². The van der Waals surface area contributed by atoms with E-state index in [1.54, 1.807) is 18.2 Å². The number of hydrazone groups is 1. The monoisotopic (exact) mass is 349 g/mol. The van der Waals surface area contributed by atoms with E-state index in [4.69, 9.17) is 28.5 Å². The molecule has 0 heterocycles. The molecular formula is C14H9Cl2N5O2. The summed E-state index contributed by atoms with van der Waals surface area (Å²) < 4.78 is 0. The maximum Gasteiger partial charge on any atom is 0.270 e. The highest BCUT2D eigenvalue weighted by molar-refractivity contribution is 6.32. The fraction of sp³-hybridized carbons (Fsp3) is 0. The third kappa shape index (κ3) is 4.10. The first-order chi connectivity index (χ1) is 11.0. The average molecular weight is 350 g/mol. The molecule has 0 aliphatic rings. The minimum Gasteiger partial charge on any atom is -0.504 e. The van der Waals surface area contributed by atoms with Crippen LogP contribution in [-0.2, 0) is 0 Å².